The van der Waals surface area contributed by atoms with E-state index in [4.69, 9.17) is 0 Å². The SMILES string of the molecule is CNCc1ccc(CN2CCC(SC3=C(C(=O)O)N4C(=O)[C@H]([C@@H](C)O)[C@H]4[C@H]3C)C2)cc1. The van der Waals surface area contributed by atoms with E-state index in [2.05, 4.69) is 34.5 Å². The van der Waals surface area contributed by atoms with Crippen LogP contribution in [0.4, 0.5) is 0 Å². The van der Waals surface area contributed by atoms with Crippen LogP contribution in [0.5, 0.6) is 0 Å². The topological polar surface area (TPSA) is 93.1 Å². The van der Waals surface area contributed by atoms with Crippen molar-refractivity contribution in [2.24, 2.45) is 11.8 Å². The van der Waals surface area contributed by atoms with Gasteiger partial charge in [0.05, 0.1) is 18.1 Å². The number of carboxylic acid groups (broad SMARTS) is 1. The molecule has 1 unspecified atom stereocenters. The molecule has 7 nitrogen and oxygen atoms in total. The Kier molecular flexibility index (Phi) is 6.44. The Labute approximate surface area is 187 Å². The second-order valence-corrected chi connectivity index (χ2v) is 10.2. The first-order valence-corrected chi connectivity index (χ1v) is 11.8. The molecule has 3 heterocycles. The lowest BCUT2D eigenvalue weighted by atomic mass is 9.79. The van der Waals surface area contributed by atoms with E-state index < -0.39 is 18.0 Å². The normalized spacial score (nSPS) is 29.3. The fraction of sp³-hybridized carbons (Fsp3) is 0.565. The molecule has 3 aliphatic rings. The van der Waals surface area contributed by atoms with Crippen molar-refractivity contribution in [3.05, 3.63) is 46.0 Å². The number of hydrogen-bond donors (Lipinski definition) is 3. The molecule has 0 aromatic heterocycles. The average Bonchev–Trinajstić information content (AvgIpc) is 3.25. The summed E-state index contributed by atoms with van der Waals surface area (Å²) >= 11 is 1.62. The number of benzene rings is 1. The van der Waals surface area contributed by atoms with E-state index in [0.29, 0.717) is 5.25 Å². The van der Waals surface area contributed by atoms with Crippen LogP contribution in [0.1, 0.15) is 31.4 Å². The number of hydrogen-bond acceptors (Lipinski definition) is 6. The second kappa shape index (κ2) is 8.94. The zero-order valence-electron chi connectivity index (χ0n) is 18.2. The quantitative estimate of drug-likeness (QED) is 0.526. The lowest BCUT2D eigenvalue weighted by Crippen LogP contribution is -2.63. The maximum atomic E-state index is 12.5. The average molecular weight is 446 g/mol. The van der Waals surface area contributed by atoms with Crippen molar-refractivity contribution in [3.63, 3.8) is 0 Å². The molecule has 0 radical (unpaired) electrons. The van der Waals surface area contributed by atoms with Crippen LogP contribution in [0.2, 0.25) is 0 Å². The summed E-state index contributed by atoms with van der Waals surface area (Å²) in [6, 6.07) is 8.40. The molecular weight excluding hydrogens is 414 g/mol. The molecule has 0 bridgehead atoms. The molecule has 2 fully saturated rings. The number of fused-ring (bicyclic) bond motifs is 1. The van der Waals surface area contributed by atoms with Crippen molar-refractivity contribution in [3.8, 4) is 0 Å². The predicted octanol–water partition coefficient (Wildman–Crippen LogP) is 1.87. The van der Waals surface area contributed by atoms with Gasteiger partial charge in [-0.25, -0.2) is 4.79 Å². The number of amides is 1. The fourth-order valence-electron chi connectivity index (χ4n) is 5.12. The molecule has 0 spiro atoms. The molecule has 4 rings (SSSR count). The summed E-state index contributed by atoms with van der Waals surface area (Å²) in [4.78, 5) is 29.1. The first kappa shape index (κ1) is 22.3. The van der Waals surface area contributed by atoms with E-state index in [1.165, 1.54) is 16.0 Å². The Morgan fingerprint density at radius 2 is 1.97 bits per heavy atom. The first-order valence-electron chi connectivity index (χ1n) is 10.9. The molecule has 1 aromatic rings. The molecule has 1 aromatic carbocycles. The number of rotatable bonds is 8. The summed E-state index contributed by atoms with van der Waals surface area (Å²) in [5, 5.41) is 23.3. The van der Waals surface area contributed by atoms with Gasteiger partial charge in [-0.3, -0.25) is 9.69 Å². The van der Waals surface area contributed by atoms with Gasteiger partial charge in [-0.15, -0.1) is 11.8 Å². The van der Waals surface area contributed by atoms with Crippen LogP contribution in [-0.4, -0.2) is 69.4 Å². The molecule has 5 atom stereocenters. The number of aliphatic carboxylic acids is 1. The van der Waals surface area contributed by atoms with Crippen molar-refractivity contribution in [2.75, 3.05) is 20.1 Å². The van der Waals surface area contributed by atoms with Crippen LogP contribution in [0.15, 0.2) is 34.9 Å². The zero-order chi connectivity index (χ0) is 22.3. The molecule has 3 N–H and O–H groups in total. The Bertz CT molecular complexity index is 885. The van der Waals surface area contributed by atoms with Gasteiger partial charge < -0.3 is 20.4 Å². The number of aliphatic hydroxyl groups is 1. The third-order valence-corrected chi connectivity index (χ3v) is 8.18. The van der Waals surface area contributed by atoms with Crippen LogP contribution in [-0.2, 0) is 22.7 Å². The van der Waals surface area contributed by atoms with E-state index in [1.807, 2.05) is 14.0 Å². The fourth-order valence-corrected chi connectivity index (χ4v) is 6.64. The molecule has 3 aliphatic heterocycles. The van der Waals surface area contributed by atoms with Gasteiger partial charge in [0.1, 0.15) is 5.70 Å². The van der Waals surface area contributed by atoms with E-state index >= 15 is 0 Å². The summed E-state index contributed by atoms with van der Waals surface area (Å²) in [5.41, 5.74) is 2.67. The number of carbonyl (C=O) groups is 2. The minimum absolute atomic E-state index is 0.0674. The van der Waals surface area contributed by atoms with Crippen LogP contribution in [0.3, 0.4) is 0 Å². The zero-order valence-corrected chi connectivity index (χ0v) is 19.1. The van der Waals surface area contributed by atoms with Crippen LogP contribution in [0, 0.1) is 11.8 Å². The van der Waals surface area contributed by atoms with Gasteiger partial charge in [-0.05, 0) is 38.1 Å². The molecule has 8 heteroatoms. The van der Waals surface area contributed by atoms with Gasteiger partial charge in [0.2, 0.25) is 5.91 Å². The van der Waals surface area contributed by atoms with Gasteiger partial charge in [0.25, 0.3) is 0 Å². The Hall–Kier alpha value is -1.87. The highest BCUT2D eigenvalue weighted by molar-refractivity contribution is 8.03. The van der Waals surface area contributed by atoms with E-state index in [1.54, 1.807) is 18.7 Å². The maximum absolute atomic E-state index is 12.5. The summed E-state index contributed by atoms with van der Waals surface area (Å²) < 4.78 is 0. The molecule has 31 heavy (non-hydrogen) atoms. The number of carbonyl (C=O) groups excluding carboxylic acids is 1. The number of thioether (sulfide) groups is 1. The van der Waals surface area contributed by atoms with Crippen molar-refractivity contribution in [2.45, 2.75) is 50.8 Å². The summed E-state index contributed by atoms with van der Waals surface area (Å²) in [5.74, 6) is -1.89. The highest BCUT2D eigenvalue weighted by Crippen LogP contribution is 2.51. The van der Waals surface area contributed by atoms with Gasteiger partial charge in [0.15, 0.2) is 0 Å². The largest absolute Gasteiger partial charge is 0.477 e. The number of carboxylic acids is 1. The Morgan fingerprint density at radius 1 is 1.29 bits per heavy atom. The molecule has 0 saturated carbocycles. The lowest BCUT2D eigenvalue weighted by Gasteiger charge is -2.46. The molecule has 2 saturated heterocycles. The predicted molar refractivity (Wildman–Crippen MR) is 120 cm³/mol. The van der Waals surface area contributed by atoms with Crippen molar-refractivity contribution < 1.29 is 19.8 Å². The monoisotopic (exact) mass is 445 g/mol. The Balaban J connectivity index is 1.41. The van der Waals surface area contributed by atoms with E-state index in [-0.39, 0.29) is 23.6 Å². The number of aliphatic hydroxyl groups excluding tert-OH is 1. The molecule has 1 amide bonds. The molecule has 168 valence electrons. The molecular formula is C23H31N3O4S. The summed E-state index contributed by atoms with van der Waals surface area (Å²) in [6.07, 6.45) is 0.224. The van der Waals surface area contributed by atoms with Crippen LogP contribution < -0.4 is 5.32 Å². The first-order chi connectivity index (χ1) is 14.8. The smallest absolute Gasteiger partial charge is 0.353 e. The lowest BCUT2D eigenvalue weighted by molar-refractivity contribution is -0.163. The summed E-state index contributed by atoms with van der Waals surface area (Å²) in [6.45, 7) is 7.20. The number of nitrogens with zero attached hydrogens (tertiary/aromatic N) is 2. The van der Waals surface area contributed by atoms with Gasteiger partial charge >= 0.3 is 5.97 Å². The van der Waals surface area contributed by atoms with E-state index in [0.717, 1.165) is 37.5 Å². The maximum Gasteiger partial charge on any atom is 0.353 e. The highest BCUT2D eigenvalue weighted by Gasteiger charge is 2.60. The minimum atomic E-state index is -1.05. The number of likely N-dealkylation sites (tertiary alicyclic amines) is 1. The Morgan fingerprint density at radius 3 is 2.58 bits per heavy atom. The van der Waals surface area contributed by atoms with E-state index in [9.17, 15) is 19.8 Å². The number of nitrogens with one attached hydrogen (secondary N) is 1. The van der Waals surface area contributed by atoms with Gasteiger partial charge in [0, 0.05) is 35.7 Å². The highest BCUT2D eigenvalue weighted by atomic mass is 32.2. The van der Waals surface area contributed by atoms with Gasteiger partial charge in [-0.1, -0.05) is 31.2 Å². The second-order valence-electron chi connectivity index (χ2n) is 8.88. The third-order valence-electron chi connectivity index (χ3n) is 6.64. The number of β-lactam (4-membered cyclic amide) rings is 1. The summed E-state index contributed by atoms with van der Waals surface area (Å²) in [7, 11) is 1.94. The van der Waals surface area contributed by atoms with Crippen molar-refractivity contribution in [1.29, 1.82) is 0 Å². The standard InChI is InChI=1S/C23H31N3O4S/c1-13-19-18(14(2)27)22(28)26(19)20(23(29)30)21(13)31-17-8-9-25(12-17)11-16-6-4-15(5-7-16)10-24-3/h4-7,13-14,17-19,24,27H,8-12H2,1-3H3,(H,29,30)/t13-,14-,17?,18-,19-/m1/s1. The van der Waals surface area contributed by atoms with Crippen LogP contribution >= 0.6 is 11.8 Å². The van der Waals surface area contributed by atoms with Crippen molar-refractivity contribution in [1.82, 2.24) is 15.1 Å². The minimum Gasteiger partial charge on any atom is -0.477 e. The van der Waals surface area contributed by atoms with Crippen LogP contribution in [0.25, 0.3) is 0 Å². The van der Waals surface area contributed by atoms with Crippen molar-refractivity contribution >= 4 is 23.6 Å². The van der Waals surface area contributed by atoms with Gasteiger partial charge in [-0.2, -0.15) is 0 Å². The molecule has 0 aliphatic carbocycles. The third kappa shape index (κ3) is 4.14.